The molecule has 3 fully saturated rings. The fourth-order valence-electron chi connectivity index (χ4n) is 6.89. The monoisotopic (exact) mass is 576 g/mol. The van der Waals surface area contributed by atoms with Crippen LogP contribution >= 0.6 is 0 Å². The molecule has 6 rings (SSSR count). The van der Waals surface area contributed by atoms with Crippen molar-refractivity contribution in [3.8, 4) is 5.75 Å². The maximum absolute atomic E-state index is 12.2. The Hall–Kier alpha value is -3.40. The predicted octanol–water partition coefficient (Wildman–Crippen LogP) is 3.58. The summed E-state index contributed by atoms with van der Waals surface area (Å²) in [5, 5.41) is 3.88. The molecule has 3 aromatic carbocycles. The van der Waals surface area contributed by atoms with Crippen molar-refractivity contribution in [1.29, 1.82) is 0 Å². The molecule has 8 nitrogen and oxygen atoms in total. The minimum absolute atomic E-state index is 0.0632. The number of ether oxygens (including phenoxy) is 1. The number of carbonyl (C=O) groups is 1. The van der Waals surface area contributed by atoms with Crippen molar-refractivity contribution in [2.45, 2.75) is 37.4 Å². The summed E-state index contributed by atoms with van der Waals surface area (Å²) in [6, 6.07) is 26.9. The molecule has 0 saturated carbocycles. The number of anilines is 1. The van der Waals surface area contributed by atoms with Crippen LogP contribution in [-0.2, 0) is 21.4 Å². The average molecular weight is 577 g/mol. The molecule has 3 aromatic rings. The molecule has 3 heterocycles. The van der Waals surface area contributed by atoms with Gasteiger partial charge < -0.3 is 15.8 Å². The number of rotatable bonds is 11. The highest BCUT2D eigenvalue weighted by molar-refractivity contribution is 7.92. The topological polar surface area (TPSA) is 105 Å². The number of hydrogen-bond acceptors (Lipinski definition) is 6. The highest BCUT2D eigenvalue weighted by atomic mass is 32.2. The SMILES string of the molecule is COc1ccc(N(C)S(C)(=O)=O)cc1CN[C@H]1[C@H]2CCN(C[C@@H]2CC(N)=O)[C@@H]1C(c1ccccc1)c1ccccc1. The molecule has 0 aliphatic carbocycles. The molecule has 1 unspecified atom stereocenters. The van der Waals surface area contributed by atoms with Gasteiger partial charge in [0.1, 0.15) is 5.75 Å². The van der Waals surface area contributed by atoms with E-state index in [1.54, 1.807) is 20.2 Å². The van der Waals surface area contributed by atoms with Crippen LogP contribution in [-0.4, -0.2) is 64.8 Å². The predicted molar refractivity (Wildman–Crippen MR) is 162 cm³/mol. The molecule has 3 N–H and O–H groups in total. The Balaban J connectivity index is 1.53. The van der Waals surface area contributed by atoms with E-state index in [1.807, 2.05) is 24.3 Å². The first kappa shape index (κ1) is 29.1. The van der Waals surface area contributed by atoms with Gasteiger partial charge in [0.2, 0.25) is 15.9 Å². The first-order valence-electron chi connectivity index (χ1n) is 14.1. The number of carbonyl (C=O) groups excluding carboxylic acids is 1. The molecule has 0 aromatic heterocycles. The zero-order valence-corrected chi connectivity index (χ0v) is 24.8. The van der Waals surface area contributed by atoms with Gasteiger partial charge in [-0.2, -0.15) is 0 Å². The number of nitrogens with one attached hydrogen (secondary N) is 1. The van der Waals surface area contributed by atoms with Crippen molar-refractivity contribution in [2.75, 3.05) is 37.8 Å². The third-order valence-electron chi connectivity index (χ3n) is 8.85. The molecule has 41 heavy (non-hydrogen) atoms. The second-order valence-corrected chi connectivity index (χ2v) is 13.3. The Labute approximate surface area is 243 Å². The summed E-state index contributed by atoms with van der Waals surface area (Å²) in [5.41, 5.74) is 9.67. The van der Waals surface area contributed by atoms with Crippen molar-refractivity contribution < 1.29 is 17.9 Å². The summed E-state index contributed by atoms with van der Waals surface area (Å²) in [7, 11) is -0.236. The third kappa shape index (κ3) is 6.27. The number of sulfonamides is 1. The van der Waals surface area contributed by atoms with E-state index in [1.165, 1.54) is 21.7 Å². The lowest BCUT2D eigenvalue weighted by molar-refractivity contribution is -0.122. The minimum Gasteiger partial charge on any atom is -0.496 e. The number of hydrogen-bond donors (Lipinski definition) is 2. The van der Waals surface area contributed by atoms with Crippen LogP contribution in [0.3, 0.4) is 0 Å². The first-order chi connectivity index (χ1) is 19.7. The van der Waals surface area contributed by atoms with Gasteiger partial charge in [0, 0.05) is 50.1 Å². The van der Waals surface area contributed by atoms with Crippen LogP contribution in [0, 0.1) is 11.8 Å². The van der Waals surface area contributed by atoms with E-state index < -0.39 is 10.0 Å². The highest BCUT2D eigenvalue weighted by Gasteiger charge is 2.50. The van der Waals surface area contributed by atoms with E-state index in [4.69, 9.17) is 10.5 Å². The van der Waals surface area contributed by atoms with Gasteiger partial charge >= 0.3 is 0 Å². The van der Waals surface area contributed by atoms with E-state index in [0.29, 0.717) is 24.4 Å². The maximum Gasteiger partial charge on any atom is 0.231 e. The van der Waals surface area contributed by atoms with E-state index in [9.17, 15) is 13.2 Å². The summed E-state index contributed by atoms with van der Waals surface area (Å²) in [5.74, 6) is 0.987. The highest BCUT2D eigenvalue weighted by Crippen LogP contribution is 2.45. The van der Waals surface area contributed by atoms with Crippen LogP contribution in [0.15, 0.2) is 78.9 Å². The number of amides is 1. The lowest BCUT2D eigenvalue weighted by Crippen LogP contribution is -2.67. The molecule has 3 aliphatic heterocycles. The Kier molecular flexibility index (Phi) is 8.68. The number of fused-ring (bicyclic) bond motifs is 3. The zero-order valence-electron chi connectivity index (χ0n) is 23.9. The van der Waals surface area contributed by atoms with Gasteiger partial charge in [-0.1, -0.05) is 60.7 Å². The van der Waals surface area contributed by atoms with Crippen LogP contribution < -0.4 is 20.1 Å². The summed E-state index contributed by atoms with van der Waals surface area (Å²) in [4.78, 5) is 14.6. The van der Waals surface area contributed by atoms with Gasteiger partial charge in [-0.25, -0.2) is 8.42 Å². The van der Waals surface area contributed by atoms with E-state index >= 15 is 0 Å². The molecule has 3 aliphatic rings. The average Bonchev–Trinajstić information content (AvgIpc) is 2.97. The van der Waals surface area contributed by atoms with Crippen molar-refractivity contribution in [2.24, 2.45) is 17.6 Å². The first-order valence-corrected chi connectivity index (χ1v) is 16.0. The Morgan fingerprint density at radius 3 is 2.27 bits per heavy atom. The van der Waals surface area contributed by atoms with Crippen molar-refractivity contribution >= 4 is 21.6 Å². The quantitative estimate of drug-likeness (QED) is 0.362. The van der Waals surface area contributed by atoms with Gasteiger partial charge in [0.25, 0.3) is 0 Å². The smallest absolute Gasteiger partial charge is 0.231 e. The van der Waals surface area contributed by atoms with Crippen molar-refractivity contribution in [3.05, 3.63) is 95.6 Å². The Morgan fingerprint density at radius 2 is 1.71 bits per heavy atom. The summed E-state index contributed by atoms with van der Waals surface area (Å²) < 4.78 is 31.4. The lowest BCUT2D eigenvalue weighted by atomic mass is 9.66. The fraction of sp³-hybridized carbons (Fsp3) is 0.406. The normalized spacial score (nSPS) is 23.9. The van der Waals surface area contributed by atoms with Crippen LogP contribution in [0.1, 0.15) is 35.4 Å². The van der Waals surface area contributed by atoms with E-state index in [2.05, 4.69) is 58.7 Å². The molecule has 0 radical (unpaired) electrons. The van der Waals surface area contributed by atoms with Gasteiger partial charge in [-0.3, -0.25) is 14.0 Å². The van der Waals surface area contributed by atoms with Gasteiger partial charge in [-0.15, -0.1) is 0 Å². The minimum atomic E-state index is -3.41. The number of nitrogens with two attached hydrogens (primary N) is 1. The molecule has 1 amide bonds. The molecule has 5 atom stereocenters. The number of benzene rings is 3. The molecule has 0 spiro atoms. The van der Waals surface area contributed by atoms with Gasteiger partial charge in [0.05, 0.1) is 19.1 Å². The van der Waals surface area contributed by atoms with Crippen LogP contribution in [0.2, 0.25) is 0 Å². The largest absolute Gasteiger partial charge is 0.496 e. The van der Waals surface area contributed by atoms with Gasteiger partial charge in [0.15, 0.2) is 0 Å². The summed E-state index contributed by atoms with van der Waals surface area (Å²) in [6.45, 7) is 2.29. The van der Waals surface area contributed by atoms with Crippen LogP contribution in [0.4, 0.5) is 5.69 Å². The van der Waals surface area contributed by atoms with E-state index in [-0.39, 0.29) is 35.7 Å². The van der Waals surface area contributed by atoms with Crippen LogP contribution in [0.5, 0.6) is 5.75 Å². The van der Waals surface area contributed by atoms with Crippen LogP contribution in [0.25, 0.3) is 0 Å². The van der Waals surface area contributed by atoms with Crippen molar-refractivity contribution in [3.63, 3.8) is 0 Å². The standard InChI is InChI=1S/C32H40N4O4S/c1-35(41(3,38)39)26-14-15-28(40-2)24(18-26)20-34-31-27-16-17-36(21-25(27)19-29(33)37)32(31)30(22-10-6-4-7-11-22)23-12-8-5-9-13-23/h4-15,18,25,27,30-32,34H,16-17,19-21H2,1-3H3,(H2,33,37)/t25-,27-,31-,32+/m0/s1. The van der Waals surface area contributed by atoms with E-state index in [0.717, 1.165) is 25.1 Å². The summed E-state index contributed by atoms with van der Waals surface area (Å²) >= 11 is 0. The molecular weight excluding hydrogens is 536 g/mol. The molecular formula is C32H40N4O4S. The second kappa shape index (κ2) is 12.2. The number of methoxy groups -OCH3 is 1. The third-order valence-corrected chi connectivity index (χ3v) is 10.1. The van der Waals surface area contributed by atoms with Crippen molar-refractivity contribution in [1.82, 2.24) is 10.2 Å². The number of piperidine rings is 3. The molecule has 9 heteroatoms. The Morgan fingerprint density at radius 1 is 1.07 bits per heavy atom. The molecule has 3 saturated heterocycles. The number of nitrogens with zero attached hydrogens (tertiary/aromatic N) is 2. The number of primary amides is 1. The zero-order chi connectivity index (χ0) is 29.1. The fourth-order valence-corrected chi connectivity index (χ4v) is 7.39. The maximum atomic E-state index is 12.2. The molecule has 2 bridgehead atoms. The summed E-state index contributed by atoms with van der Waals surface area (Å²) in [6.07, 6.45) is 2.54. The Bertz CT molecular complexity index is 1410. The second-order valence-electron chi connectivity index (χ2n) is 11.3. The molecule has 218 valence electrons. The van der Waals surface area contributed by atoms with Gasteiger partial charge in [-0.05, 0) is 54.1 Å². The lowest BCUT2D eigenvalue weighted by Gasteiger charge is -2.57.